The Bertz CT molecular complexity index is 651. The first kappa shape index (κ1) is 12.4. The molecule has 3 heteroatoms. The Labute approximate surface area is 120 Å². The zero-order valence-electron chi connectivity index (χ0n) is 12.6. The van der Waals surface area contributed by atoms with E-state index in [-0.39, 0.29) is 0 Å². The molecule has 106 valence electrons. The minimum Gasteiger partial charge on any atom is -0.360 e. The van der Waals surface area contributed by atoms with Gasteiger partial charge in [-0.05, 0) is 43.5 Å². The molecule has 1 atom stereocenters. The predicted octanol–water partition coefficient (Wildman–Crippen LogP) is 3.84. The van der Waals surface area contributed by atoms with Crippen molar-refractivity contribution < 1.29 is 0 Å². The quantitative estimate of drug-likeness (QED) is 0.898. The van der Waals surface area contributed by atoms with Crippen molar-refractivity contribution >= 4 is 11.0 Å². The Balaban J connectivity index is 1.78. The number of likely N-dealkylation sites (tertiary alicyclic amines) is 1. The van der Waals surface area contributed by atoms with Gasteiger partial charge in [-0.15, -0.1) is 0 Å². The summed E-state index contributed by atoms with van der Waals surface area (Å²) in [6, 6.07) is 4.97. The molecule has 1 aliphatic heterocycles. The van der Waals surface area contributed by atoms with Crippen LogP contribution in [0.1, 0.15) is 56.3 Å². The zero-order valence-corrected chi connectivity index (χ0v) is 12.6. The maximum Gasteiger partial charge on any atom is 0.0917 e. The molecule has 4 rings (SSSR count). The number of aromatic nitrogens is 2. The molecule has 1 unspecified atom stereocenters. The summed E-state index contributed by atoms with van der Waals surface area (Å²) in [4.78, 5) is 10.9. The molecule has 0 bridgehead atoms. The molecule has 0 amide bonds. The normalized spacial score (nSPS) is 25.1. The smallest absolute Gasteiger partial charge is 0.0917 e. The Morgan fingerprint density at radius 2 is 2.15 bits per heavy atom. The standard InChI is InChI=1S/C17H23N3/c1-11(2)12-9-18-13-5-6-14(19-15(12)13)16-17(7-4-8-17)10-20(16)3/h5-6,9,11,16,18H,4,7-8,10H2,1-3H3. The molecule has 0 radical (unpaired) electrons. The third-order valence-corrected chi connectivity index (χ3v) is 5.41. The Morgan fingerprint density at radius 3 is 2.75 bits per heavy atom. The van der Waals surface area contributed by atoms with E-state index in [9.17, 15) is 0 Å². The molecule has 3 nitrogen and oxygen atoms in total. The third kappa shape index (κ3) is 1.53. The summed E-state index contributed by atoms with van der Waals surface area (Å²) >= 11 is 0. The van der Waals surface area contributed by atoms with E-state index in [4.69, 9.17) is 4.98 Å². The van der Waals surface area contributed by atoms with Crippen LogP contribution in [0.25, 0.3) is 11.0 Å². The number of aromatic amines is 1. The highest BCUT2D eigenvalue weighted by Crippen LogP contribution is 2.59. The number of hydrogen-bond donors (Lipinski definition) is 1. The fourth-order valence-electron chi connectivity index (χ4n) is 4.26. The summed E-state index contributed by atoms with van der Waals surface area (Å²) in [5, 5.41) is 0. The monoisotopic (exact) mass is 269 g/mol. The molecule has 2 fully saturated rings. The lowest BCUT2D eigenvalue weighted by Gasteiger charge is -2.61. The van der Waals surface area contributed by atoms with Gasteiger partial charge in [-0.2, -0.15) is 0 Å². The molecule has 1 aliphatic carbocycles. The van der Waals surface area contributed by atoms with Crippen LogP contribution < -0.4 is 0 Å². The molecular formula is C17H23N3. The van der Waals surface area contributed by atoms with Crippen molar-refractivity contribution in [1.29, 1.82) is 0 Å². The van der Waals surface area contributed by atoms with E-state index in [1.54, 1.807) is 0 Å². The molecule has 2 aliphatic rings. The van der Waals surface area contributed by atoms with E-state index in [0.717, 1.165) is 0 Å². The summed E-state index contributed by atoms with van der Waals surface area (Å²) < 4.78 is 0. The SMILES string of the molecule is CC(C)c1c[nH]c2ccc(C3N(C)CC34CCC4)nc12. The van der Waals surface area contributed by atoms with Gasteiger partial charge in [0.15, 0.2) is 0 Å². The van der Waals surface area contributed by atoms with Crippen LogP contribution in [0.15, 0.2) is 18.3 Å². The Morgan fingerprint density at radius 1 is 1.35 bits per heavy atom. The van der Waals surface area contributed by atoms with Crippen LogP contribution in [0.2, 0.25) is 0 Å². The van der Waals surface area contributed by atoms with Gasteiger partial charge in [0.2, 0.25) is 0 Å². The Kier molecular flexibility index (Phi) is 2.53. The van der Waals surface area contributed by atoms with Crippen LogP contribution in [0.3, 0.4) is 0 Å². The highest BCUT2D eigenvalue weighted by atomic mass is 15.2. The summed E-state index contributed by atoms with van der Waals surface area (Å²) in [5.41, 5.74) is 5.50. The first-order valence-electron chi connectivity index (χ1n) is 7.79. The van der Waals surface area contributed by atoms with Crippen molar-refractivity contribution in [3.63, 3.8) is 0 Å². The topological polar surface area (TPSA) is 31.9 Å². The van der Waals surface area contributed by atoms with E-state index in [1.807, 2.05) is 0 Å². The van der Waals surface area contributed by atoms with Gasteiger partial charge >= 0.3 is 0 Å². The average molecular weight is 269 g/mol. The van der Waals surface area contributed by atoms with Crippen LogP contribution in [0, 0.1) is 5.41 Å². The number of hydrogen-bond acceptors (Lipinski definition) is 2. The Hall–Kier alpha value is -1.35. The van der Waals surface area contributed by atoms with Crippen molar-refractivity contribution in [3.8, 4) is 0 Å². The molecule has 0 aromatic carbocycles. The largest absolute Gasteiger partial charge is 0.360 e. The fourth-order valence-corrected chi connectivity index (χ4v) is 4.26. The summed E-state index contributed by atoms with van der Waals surface area (Å²) in [6.07, 6.45) is 6.28. The number of H-pyrrole nitrogens is 1. The van der Waals surface area contributed by atoms with Gasteiger partial charge in [-0.25, -0.2) is 4.98 Å². The van der Waals surface area contributed by atoms with E-state index >= 15 is 0 Å². The lowest BCUT2D eigenvalue weighted by molar-refractivity contribution is -0.116. The predicted molar refractivity (Wildman–Crippen MR) is 81.8 cm³/mol. The molecule has 20 heavy (non-hydrogen) atoms. The van der Waals surface area contributed by atoms with Gasteiger partial charge in [0.25, 0.3) is 0 Å². The summed E-state index contributed by atoms with van der Waals surface area (Å²) in [5.74, 6) is 0.517. The van der Waals surface area contributed by atoms with Crippen molar-refractivity contribution in [2.75, 3.05) is 13.6 Å². The first-order chi connectivity index (χ1) is 9.61. The lowest BCUT2D eigenvalue weighted by atomic mass is 9.57. The first-order valence-corrected chi connectivity index (χ1v) is 7.79. The second kappa shape index (κ2) is 4.08. The van der Waals surface area contributed by atoms with Crippen LogP contribution in [0.5, 0.6) is 0 Å². The van der Waals surface area contributed by atoms with Crippen molar-refractivity contribution in [3.05, 3.63) is 29.6 Å². The van der Waals surface area contributed by atoms with Gasteiger partial charge < -0.3 is 4.98 Å². The van der Waals surface area contributed by atoms with Gasteiger partial charge in [0, 0.05) is 18.2 Å². The van der Waals surface area contributed by atoms with Crippen LogP contribution >= 0.6 is 0 Å². The number of fused-ring (bicyclic) bond motifs is 1. The van der Waals surface area contributed by atoms with Crippen LogP contribution in [0.4, 0.5) is 0 Å². The molecule has 1 saturated carbocycles. The van der Waals surface area contributed by atoms with Gasteiger partial charge in [0.1, 0.15) is 0 Å². The van der Waals surface area contributed by atoms with Crippen molar-refractivity contribution in [2.45, 2.75) is 45.1 Å². The number of rotatable bonds is 2. The fraction of sp³-hybridized carbons (Fsp3) is 0.588. The highest BCUT2D eigenvalue weighted by Gasteiger charge is 2.55. The average Bonchev–Trinajstić information content (AvgIpc) is 2.76. The van der Waals surface area contributed by atoms with Crippen LogP contribution in [-0.2, 0) is 0 Å². The molecular weight excluding hydrogens is 246 g/mol. The summed E-state index contributed by atoms with van der Waals surface area (Å²) in [6.45, 7) is 5.72. The van der Waals surface area contributed by atoms with E-state index in [2.05, 4.69) is 49.1 Å². The minimum absolute atomic E-state index is 0.517. The van der Waals surface area contributed by atoms with Crippen molar-refractivity contribution in [1.82, 2.24) is 14.9 Å². The highest BCUT2D eigenvalue weighted by molar-refractivity contribution is 5.79. The number of nitrogens with one attached hydrogen (secondary N) is 1. The van der Waals surface area contributed by atoms with Gasteiger partial charge in [-0.1, -0.05) is 20.3 Å². The minimum atomic E-state index is 0.517. The maximum atomic E-state index is 5.03. The molecule has 2 aromatic rings. The second-order valence-electron chi connectivity index (χ2n) is 7.06. The lowest BCUT2D eigenvalue weighted by Crippen LogP contribution is -2.60. The van der Waals surface area contributed by atoms with Crippen molar-refractivity contribution in [2.24, 2.45) is 5.41 Å². The second-order valence-corrected chi connectivity index (χ2v) is 7.06. The number of nitrogens with zero attached hydrogens (tertiary/aromatic N) is 2. The van der Waals surface area contributed by atoms with E-state index < -0.39 is 0 Å². The zero-order chi connectivity index (χ0) is 13.9. The third-order valence-electron chi connectivity index (χ3n) is 5.41. The van der Waals surface area contributed by atoms with Gasteiger partial charge in [0.05, 0.1) is 22.8 Å². The molecule has 2 aromatic heterocycles. The van der Waals surface area contributed by atoms with Crippen LogP contribution in [-0.4, -0.2) is 28.5 Å². The van der Waals surface area contributed by atoms with Gasteiger partial charge in [-0.3, -0.25) is 4.90 Å². The number of pyridine rings is 1. The molecule has 1 N–H and O–H groups in total. The van der Waals surface area contributed by atoms with E-state index in [1.165, 1.54) is 48.1 Å². The molecule has 1 spiro atoms. The maximum absolute atomic E-state index is 5.03. The molecule has 3 heterocycles. The van der Waals surface area contributed by atoms with E-state index in [0.29, 0.717) is 17.4 Å². The molecule has 1 saturated heterocycles. The summed E-state index contributed by atoms with van der Waals surface area (Å²) in [7, 11) is 2.24.